The van der Waals surface area contributed by atoms with Crippen molar-refractivity contribution in [1.82, 2.24) is 4.90 Å². The number of rotatable bonds is 10. The van der Waals surface area contributed by atoms with Gasteiger partial charge in [0.1, 0.15) is 17.3 Å². The summed E-state index contributed by atoms with van der Waals surface area (Å²) in [5.74, 6) is -0.113. The lowest BCUT2D eigenvalue weighted by Crippen LogP contribution is -2.28. The fourth-order valence-corrected chi connectivity index (χ4v) is 5.37. The van der Waals surface area contributed by atoms with Gasteiger partial charge in [-0.1, -0.05) is 28.1 Å². The number of thioether (sulfide) groups is 1. The van der Waals surface area contributed by atoms with Gasteiger partial charge in [0.15, 0.2) is 11.8 Å². The molecule has 0 unspecified atom stereocenters. The smallest absolute Gasteiger partial charge is 0.267 e. The highest BCUT2D eigenvalue weighted by atomic mass is 79.9. The molecule has 1 aliphatic rings. The highest BCUT2D eigenvalue weighted by molar-refractivity contribution is 9.10. The van der Waals surface area contributed by atoms with Gasteiger partial charge in [0, 0.05) is 35.5 Å². The predicted octanol–water partition coefficient (Wildman–Crippen LogP) is 6.77. The van der Waals surface area contributed by atoms with Gasteiger partial charge in [-0.2, -0.15) is 5.10 Å². The van der Waals surface area contributed by atoms with Gasteiger partial charge < -0.3 is 19.4 Å². The highest BCUT2D eigenvalue weighted by Crippen LogP contribution is 2.36. The zero-order chi connectivity index (χ0) is 31.1. The Balaban J connectivity index is 1.35. The monoisotopic (exact) mass is 675 g/mol. The van der Waals surface area contributed by atoms with Crippen molar-refractivity contribution in [3.05, 3.63) is 117 Å². The molecule has 1 aliphatic heterocycles. The van der Waals surface area contributed by atoms with Crippen LogP contribution in [0.4, 0.5) is 15.8 Å². The van der Waals surface area contributed by atoms with Crippen LogP contribution < -0.4 is 15.0 Å². The third-order valence-corrected chi connectivity index (χ3v) is 7.78. The number of halogens is 2. The summed E-state index contributed by atoms with van der Waals surface area (Å²) < 4.78 is 25.2. The van der Waals surface area contributed by atoms with Crippen molar-refractivity contribution < 1.29 is 23.1 Å². The van der Waals surface area contributed by atoms with Crippen LogP contribution >= 0.6 is 27.7 Å². The van der Waals surface area contributed by atoms with Gasteiger partial charge in [0.05, 0.1) is 23.9 Å². The van der Waals surface area contributed by atoms with Gasteiger partial charge in [0.2, 0.25) is 0 Å². The number of hydrogen-bond donors (Lipinski definition) is 1. The van der Waals surface area contributed by atoms with Crippen LogP contribution in [-0.2, 0) is 16.1 Å². The lowest BCUT2D eigenvalue weighted by molar-refractivity contribution is -0.122. The first-order valence-corrected chi connectivity index (χ1v) is 15.0. The van der Waals surface area contributed by atoms with Gasteiger partial charge in [0.25, 0.3) is 11.8 Å². The van der Waals surface area contributed by atoms with E-state index in [0.717, 1.165) is 15.7 Å². The van der Waals surface area contributed by atoms with Crippen LogP contribution in [0.5, 0.6) is 5.75 Å². The van der Waals surface area contributed by atoms with E-state index in [4.69, 9.17) is 9.15 Å². The third-order valence-electron chi connectivity index (χ3n) is 6.29. The number of amidine groups is 1. The number of furan rings is 1. The molecule has 1 saturated heterocycles. The summed E-state index contributed by atoms with van der Waals surface area (Å²) in [5.41, 5.74) is 2.95. The number of amides is 2. The standard InChI is InChI=1S/C32H27BrFN5O4S/c1-38(2)26-12-5-21(6-13-26)18-35-37-32-39(19-27-4-3-15-42-27)31(41)29(44-32)17-22-16-23(33)7-14-28(22)43-20-30(40)36-25-10-8-24(34)9-11-25/h3-18H,19-20H2,1-2H3,(H,36,40)/b29-17-,35-18-,37-32+. The fourth-order valence-electron chi connectivity index (χ4n) is 4.06. The Hall–Kier alpha value is -4.68. The van der Waals surface area contributed by atoms with Crippen molar-refractivity contribution in [2.45, 2.75) is 6.54 Å². The number of carbonyl (C=O) groups is 2. The zero-order valence-electron chi connectivity index (χ0n) is 23.7. The SMILES string of the molecule is CN(C)c1ccc(/C=N\N=C2\S/C(=C\c3cc(Br)ccc3OCC(=O)Nc3ccc(F)cc3)C(=O)N2Cc2ccco2)cc1. The van der Waals surface area contributed by atoms with E-state index in [1.165, 1.54) is 40.9 Å². The molecule has 44 heavy (non-hydrogen) atoms. The van der Waals surface area contributed by atoms with Crippen LogP contribution in [0.25, 0.3) is 6.08 Å². The molecule has 4 aromatic rings. The molecule has 0 radical (unpaired) electrons. The number of benzene rings is 3. The van der Waals surface area contributed by atoms with Crippen molar-refractivity contribution in [3.8, 4) is 5.75 Å². The average molecular weight is 677 g/mol. The minimum absolute atomic E-state index is 0.174. The summed E-state index contributed by atoms with van der Waals surface area (Å²) >= 11 is 4.64. The molecule has 5 rings (SSSR count). The second kappa shape index (κ2) is 14.2. The van der Waals surface area contributed by atoms with E-state index < -0.39 is 11.7 Å². The van der Waals surface area contributed by atoms with Crippen molar-refractivity contribution in [3.63, 3.8) is 0 Å². The van der Waals surface area contributed by atoms with E-state index in [0.29, 0.717) is 32.8 Å². The summed E-state index contributed by atoms with van der Waals surface area (Å²) in [6.45, 7) is -0.120. The lowest BCUT2D eigenvalue weighted by atomic mass is 10.2. The number of nitrogens with one attached hydrogen (secondary N) is 1. The Bertz CT molecular complexity index is 1720. The van der Waals surface area contributed by atoms with Gasteiger partial charge in [-0.25, -0.2) is 4.39 Å². The average Bonchev–Trinajstić information content (AvgIpc) is 3.62. The normalized spacial score (nSPS) is 15.0. The molecule has 3 aromatic carbocycles. The Morgan fingerprint density at radius 1 is 1.11 bits per heavy atom. The van der Waals surface area contributed by atoms with E-state index in [2.05, 4.69) is 31.4 Å². The summed E-state index contributed by atoms with van der Waals surface area (Å²) in [7, 11) is 3.94. The van der Waals surface area contributed by atoms with E-state index in [9.17, 15) is 14.0 Å². The molecule has 2 heterocycles. The van der Waals surface area contributed by atoms with E-state index >= 15 is 0 Å². The largest absolute Gasteiger partial charge is 0.483 e. The molecule has 0 atom stereocenters. The van der Waals surface area contributed by atoms with Gasteiger partial charge in [-0.15, -0.1) is 5.10 Å². The number of anilines is 2. The van der Waals surface area contributed by atoms with Gasteiger partial charge in [-0.3, -0.25) is 14.5 Å². The molecule has 0 aliphatic carbocycles. The summed E-state index contributed by atoms with van der Waals surface area (Å²) in [4.78, 5) is 29.9. The van der Waals surface area contributed by atoms with Crippen molar-refractivity contribution in [2.75, 3.05) is 30.9 Å². The zero-order valence-corrected chi connectivity index (χ0v) is 26.1. The Morgan fingerprint density at radius 2 is 1.89 bits per heavy atom. The highest BCUT2D eigenvalue weighted by Gasteiger charge is 2.34. The topological polar surface area (TPSA) is 99.7 Å². The third kappa shape index (κ3) is 8.03. The van der Waals surface area contributed by atoms with Crippen LogP contribution in [0.15, 0.2) is 109 Å². The molecule has 0 bridgehead atoms. The first-order chi connectivity index (χ1) is 21.2. The molecule has 0 spiro atoms. The molecular weight excluding hydrogens is 649 g/mol. The van der Waals surface area contributed by atoms with Crippen molar-refractivity contribution >= 4 is 68.3 Å². The maximum absolute atomic E-state index is 13.6. The molecule has 1 aromatic heterocycles. The maximum Gasteiger partial charge on any atom is 0.267 e. The van der Waals surface area contributed by atoms with E-state index in [-0.39, 0.29) is 19.1 Å². The minimum atomic E-state index is -0.419. The Kier molecular flexibility index (Phi) is 9.93. The Labute approximate surface area is 266 Å². The first-order valence-electron chi connectivity index (χ1n) is 13.3. The molecule has 1 fully saturated rings. The fraction of sp³-hybridized carbons (Fsp3) is 0.125. The number of ether oxygens (including phenoxy) is 1. The first kappa shape index (κ1) is 30.8. The molecule has 12 heteroatoms. The number of nitrogens with zero attached hydrogens (tertiary/aromatic N) is 4. The van der Waals surface area contributed by atoms with Crippen LogP contribution in [0, 0.1) is 5.82 Å². The summed E-state index contributed by atoms with van der Waals surface area (Å²) in [6.07, 6.45) is 4.86. The molecule has 1 N–H and O–H groups in total. The summed E-state index contributed by atoms with van der Waals surface area (Å²) in [5, 5.41) is 11.7. The number of carbonyl (C=O) groups excluding carboxylic acids is 2. The summed E-state index contributed by atoms with van der Waals surface area (Å²) in [6, 6.07) is 22.1. The Morgan fingerprint density at radius 3 is 2.59 bits per heavy atom. The molecule has 0 saturated carbocycles. The van der Waals surface area contributed by atoms with Crippen LogP contribution in [0.1, 0.15) is 16.9 Å². The number of hydrogen-bond acceptors (Lipinski definition) is 8. The predicted molar refractivity (Wildman–Crippen MR) is 175 cm³/mol. The van der Waals surface area contributed by atoms with Crippen molar-refractivity contribution in [2.24, 2.45) is 10.2 Å². The molecule has 9 nitrogen and oxygen atoms in total. The molecular formula is C32H27BrFN5O4S. The van der Waals surface area contributed by atoms with Gasteiger partial charge in [-0.05, 0) is 90.1 Å². The minimum Gasteiger partial charge on any atom is -0.483 e. The second-order valence-electron chi connectivity index (χ2n) is 9.72. The van der Waals surface area contributed by atoms with E-state index in [1.54, 1.807) is 48.9 Å². The van der Waals surface area contributed by atoms with Crippen LogP contribution in [0.2, 0.25) is 0 Å². The molecule has 2 amide bonds. The van der Waals surface area contributed by atoms with Crippen molar-refractivity contribution in [1.29, 1.82) is 0 Å². The van der Waals surface area contributed by atoms with Crippen LogP contribution in [-0.4, -0.2) is 48.8 Å². The van der Waals surface area contributed by atoms with E-state index in [1.807, 2.05) is 43.3 Å². The van der Waals surface area contributed by atoms with Gasteiger partial charge >= 0.3 is 0 Å². The molecule has 224 valence electrons. The quantitative estimate of drug-likeness (QED) is 0.113. The van der Waals surface area contributed by atoms with Crippen LogP contribution in [0.3, 0.4) is 0 Å². The lowest BCUT2D eigenvalue weighted by Gasteiger charge is -2.13. The second-order valence-corrected chi connectivity index (χ2v) is 11.6. The maximum atomic E-state index is 13.6.